The molecule has 0 aliphatic heterocycles. The van der Waals surface area contributed by atoms with Crippen LogP contribution < -0.4 is 0 Å². The molecule has 0 N–H and O–H groups in total. The number of ether oxygens (including phenoxy) is 1. The third-order valence-corrected chi connectivity index (χ3v) is 3.05. The molecule has 2 rings (SSSR count). The molecule has 100 valence electrons. The monoisotopic (exact) mass is 259 g/mol. The molecule has 1 aromatic heterocycles. The van der Waals surface area contributed by atoms with Crippen LogP contribution in [-0.4, -0.2) is 17.6 Å². The molecule has 0 radical (unpaired) electrons. The normalized spacial score (nSPS) is 15.8. The number of carbonyl (C=O) groups excluding carboxylic acids is 1. The number of carbonyl (C=O) groups is 1. The van der Waals surface area contributed by atoms with Crippen molar-refractivity contribution in [1.82, 2.24) is 4.98 Å². The topological polar surface area (TPSA) is 52.3 Å². The van der Waals surface area contributed by atoms with E-state index in [4.69, 9.17) is 4.42 Å². The Kier molecular flexibility index (Phi) is 3.93. The molecular formula is C12H15F2NO3. The highest BCUT2D eigenvalue weighted by Gasteiger charge is 2.29. The first kappa shape index (κ1) is 13.0. The first-order valence-electron chi connectivity index (χ1n) is 6.06. The highest BCUT2D eigenvalue weighted by Crippen LogP contribution is 2.31. The van der Waals surface area contributed by atoms with Crippen molar-refractivity contribution in [3.63, 3.8) is 0 Å². The molecule has 4 nitrogen and oxygen atoms in total. The third-order valence-electron chi connectivity index (χ3n) is 3.05. The van der Waals surface area contributed by atoms with E-state index in [1.165, 1.54) is 0 Å². The molecule has 1 aromatic rings. The average molecular weight is 259 g/mol. The summed E-state index contributed by atoms with van der Waals surface area (Å²) in [7, 11) is 0. The van der Waals surface area contributed by atoms with Crippen LogP contribution in [0.3, 0.4) is 0 Å². The number of oxazole rings is 1. The Morgan fingerprint density at radius 2 is 2.28 bits per heavy atom. The summed E-state index contributed by atoms with van der Waals surface area (Å²) in [5, 5.41) is 0. The Labute approximate surface area is 103 Å². The van der Waals surface area contributed by atoms with Gasteiger partial charge in [0, 0.05) is 6.42 Å². The highest BCUT2D eigenvalue weighted by atomic mass is 19.3. The molecule has 0 saturated heterocycles. The number of hydrogen-bond acceptors (Lipinski definition) is 4. The zero-order valence-corrected chi connectivity index (χ0v) is 10.1. The van der Waals surface area contributed by atoms with Gasteiger partial charge in [-0.2, -0.15) is 0 Å². The number of nitrogens with zero attached hydrogens (tertiary/aromatic N) is 1. The molecule has 0 bridgehead atoms. The average Bonchev–Trinajstić information content (AvgIpc) is 2.68. The van der Waals surface area contributed by atoms with Crippen molar-refractivity contribution in [2.24, 2.45) is 5.92 Å². The second-order valence-corrected chi connectivity index (χ2v) is 4.34. The summed E-state index contributed by atoms with van der Waals surface area (Å²) in [6.45, 7) is 1.71. The molecule has 1 heterocycles. The fraction of sp³-hybridized carbons (Fsp3) is 0.667. The predicted molar refractivity (Wildman–Crippen MR) is 58.5 cm³/mol. The molecule has 0 atom stereocenters. The van der Waals surface area contributed by atoms with Crippen molar-refractivity contribution in [2.45, 2.75) is 39.0 Å². The molecule has 0 amide bonds. The number of halogens is 2. The van der Waals surface area contributed by atoms with Crippen LogP contribution in [0, 0.1) is 5.92 Å². The molecule has 1 saturated carbocycles. The molecule has 1 fully saturated rings. The lowest BCUT2D eigenvalue weighted by Crippen LogP contribution is -2.13. The van der Waals surface area contributed by atoms with Gasteiger partial charge in [0.05, 0.1) is 6.61 Å². The van der Waals surface area contributed by atoms with Gasteiger partial charge in [-0.05, 0) is 25.7 Å². The van der Waals surface area contributed by atoms with E-state index in [0.717, 1.165) is 19.3 Å². The van der Waals surface area contributed by atoms with Gasteiger partial charge in [-0.15, -0.1) is 0 Å². The zero-order valence-electron chi connectivity index (χ0n) is 10.1. The Morgan fingerprint density at radius 3 is 2.78 bits per heavy atom. The van der Waals surface area contributed by atoms with Crippen LogP contribution >= 0.6 is 0 Å². The van der Waals surface area contributed by atoms with Gasteiger partial charge in [-0.3, -0.25) is 0 Å². The lowest BCUT2D eigenvalue weighted by molar-refractivity contribution is 0.0473. The second-order valence-electron chi connectivity index (χ2n) is 4.34. The fourth-order valence-electron chi connectivity index (χ4n) is 1.90. The molecule has 18 heavy (non-hydrogen) atoms. The molecule has 0 aromatic carbocycles. The van der Waals surface area contributed by atoms with Crippen LogP contribution in [0.1, 0.15) is 54.8 Å². The SMILES string of the molecule is CCOC(=O)c1oc(CC2CCC2)nc1C(F)F. The van der Waals surface area contributed by atoms with Crippen molar-refractivity contribution in [3.05, 3.63) is 17.3 Å². The van der Waals surface area contributed by atoms with Crippen molar-refractivity contribution < 1.29 is 22.7 Å². The summed E-state index contributed by atoms with van der Waals surface area (Å²) in [5.74, 6) is -0.691. The standard InChI is InChI=1S/C12H15F2NO3/c1-2-17-12(16)10-9(11(13)14)15-8(18-10)6-7-4-3-5-7/h7,11H,2-6H2,1H3. The van der Waals surface area contributed by atoms with E-state index in [1.807, 2.05) is 0 Å². The minimum absolute atomic E-state index is 0.111. The van der Waals surface area contributed by atoms with E-state index >= 15 is 0 Å². The summed E-state index contributed by atoms with van der Waals surface area (Å²) in [4.78, 5) is 15.2. The maximum Gasteiger partial charge on any atom is 0.376 e. The van der Waals surface area contributed by atoms with Gasteiger partial charge in [0.1, 0.15) is 0 Å². The van der Waals surface area contributed by atoms with Crippen molar-refractivity contribution >= 4 is 5.97 Å². The molecule has 1 aliphatic rings. The molecule has 1 aliphatic carbocycles. The third kappa shape index (κ3) is 2.68. The van der Waals surface area contributed by atoms with Gasteiger partial charge >= 0.3 is 5.97 Å². The molecule has 6 heteroatoms. The van der Waals surface area contributed by atoms with Gasteiger partial charge in [-0.1, -0.05) is 6.42 Å². The van der Waals surface area contributed by atoms with Crippen LogP contribution in [0.4, 0.5) is 8.78 Å². The van der Waals surface area contributed by atoms with Crippen molar-refractivity contribution in [2.75, 3.05) is 6.61 Å². The Hall–Kier alpha value is -1.46. The van der Waals surface area contributed by atoms with E-state index in [-0.39, 0.29) is 12.5 Å². The fourth-order valence-corrected chi connectivity index (χ4v) is 1.90. The van der Waals surface area contributed by atoms with Crippen molar-refractivity contribution in [3.8, 4) is 0 Å². The summed E-state index contributed by atoms with van der Waals surface area (Å²) in [5.41, 5.74) is -0.609. The number of aromatic nitrogens is 1. The first-order chi connectivity index (χ1) is 8.61. The second kappa shape index (κ2) is 5.46. The van der Waals surface area contributed by atoms with Gasteiger partial charge in [-0.25, -0.2) is 18.6 Å². The Balaban J connectivity index is 2.17. The number of hydrogen-bond donors (Lipinski definition) is 0. The highest BCUT2D eigenvalue weighted by molar-refractivity contribution is 5.87. The smallest absolute Gasteiger partial charge is 0.376 e. The van der Waals surface area contributed by atoms with Crippen LogP contribution in [0.2, 0.25) is 0 Å². The van der Waals surface area contributed by atoms with E-state index in [2.05, 4.69) is 9.72 Å². The number of rotatable bonds is 5. The van der Waals surface area contributed by atoms with Crippen LogP contribution in [0.25, 0.3) is 0 Å². The summed E-state index contributed by atoms with van der Waals surface area (Å²) >= 11 is 0. The number of esters is 1. The zero-order chi connectivity index (χ0) is 13.1. The van der Waals surface area contributed by atoms with Gasteiger partial charge < -0.3 is 9.15 Å². The maximum absolute atomic E-state index is 12.7. The Morgan fingerprint density at radius 1 is 1.56 bits per heavy atom. The minimum atomic E-state index is -2.83. The van der Waals surface area contributed by atoms with Crippen LogP contribution in [0.5, 0.6) is 0 Å². The summed E-state index contributed by atoms with van der Waals surface area (Å²) in [6, 6.07) is 0. The van der Waals surface area contributed by atoms with E-state index in [9.17, 15) is 13.6 Å². The summed E-state index contributed by atoms with van der Waals surface area (Å²) in [6.07, 6.45) is 0.947. The van der Waals surface area contributed by atoms with E-state index in [1.54, 1.807) is 6.92 Å². The lowest BCUT2D eigenvalue weighted by Gasteiger charge is -2.23. The van der Waals surface area contributed by atoms with E-state index < -0.39 is 23.8 Å². The Bertz CT molecular complexity index is 427. The van der Waals surface area contributed by atoms with Crippen LogP contribution in [-0.2, 0) is 11.2 Å². The first-order valence-corrected chi connectivity index (χ1v) is 6.06. The van der Waals surface area contributed by atoms with Gasteiger partial charge in [0.2, 0.25) is 5.76 Å². The van der Waals surface area contributed by atoms with Crippen molar-refractivity contribution in [1.29, 1.82) is 0 Å². The largest absolute Gasteiger partial charge is 0.460 e. The maximum atomic E-state index is 12.7. The lowest BCUT2D eigenvalue weighted by atomic mass is 9.83. The minimum Gasteiger partial charge on any atom is -0.460 e. The number of alkyl halides is 2. The van der Waals surface area contributed by atoms with Gasteiger partial charge in [0.25, 0.3) is 6.43 Å². The molecule has 0 unspecified atom stereocenters. The predicted octanol–water partition coefficient (Wildman–Crippen LogP) is 3.13. The quantitative estimate of drug-likeness (QED) is 0.762. The van der Waals surface area contributed by atoms with Crippen LogP contribution in [0.15, 0.2) is 4.42 Å². The molecule has 0 spiro atoms. The van der Waals surface area contributed by atoms with Gasteiger partial charge in [0.15, 0.2) is 11.6 Å². The van der Waals surface area contributed by atoms with E-state index in [0.29, 0.717) is 12.3 Å². The molecular weight excluding hydrogens is 244 g/mol. The summed E-state index contributed by atoms with van der Waals surface area (Å²) < 4.78 is 35.3.